The van der Waals surface area contributed by atoms with Gasteiger partial charge in [0.25, 0.3) is 0 Å². The minimum absolute atomic E-state index is 0.0974. The van der Waals surface area contributed by atoms with Crippen LogP contribution in [-0.2, 0) is 5.41 Å². The van der Waals surface area contributed by atoms with Crippen LogP contribution in [0.2, 0.25) is 0 Å². The van der Waals surface area contributed by atoms with Crippen LogP contribution in [0.5, 0.6) is 0 Å². The van der Waals surface area contributed by atoms with Crippen molar-refractivity contribution in [2.75, 3.05) is 32.1 Å². The fraction of sp³-hybridized carbons (Fsp3) is 0.318. The van der Waals surface area contributed by atoms with Crippen LogP contribution < -0.4 is 5.73 Å². The van der Waals surface area contributed by atoms with Gasteiger partial charge >= 0.3 is 0 Å². The monoisotopic (exact) mass is 379 g/mol. The molecule has 2 aromatic carbocycles. The molecule has 0 aliphatic heterocycles. The van der Waals surface area contributed by atoms with Crippen molar-refractivity contribution in [2.45, 2.75) is 24.2 Å². The van der Waals surface area contributed by atoms with E-state index in [-0.39, 0.29) is 11.2 Å². The summed E-state index contributed by atoms with van der Waals surface area (Å²) >= 11 is 1.83. The van der Waals surface area contributed by atoms with Crippen LogP contribution in [0.3, 0.4) is 0 Å². The molecule has 5 heteroatoms. The van der Waals surface area contributed by atoms with Gasteiger partial charge in [0.05, 0.1) is 5.56 Å². The Kier molecular flexibility index (Phi) is 4.32. The van der Waals surface area contributed by atoms with Gasteiger partial charge in [0.15, 0.2) is 5.78 Å². The normalized spacial score (nSPS) is 15.2. The van der Waals surface area contributed by atoms with Crippen LogP contribution in [-0.4, -0.2) is 42.1 Å². The van der Waals surface area contributed by atoms with Gasteiger partial charge in [-0.1, -0.05) is 19.9 Å². The summed E-state index contributed by atoms with van der Waals surface area (Å²) in [5.74, 6) is 1.12. The number of carbonyl (C=O) groups is 1. The fourth-order valence-electron chi connectivity index (χ4n) is 3.86. The lowest BCUT2D eigenvalue weighted by atomic mass is 9.71. The molecule has 0 saturated carbocycles. The van der Waals surface area contributed by atoms with Gasteiger partial charge in [0.2, 0.25) is 0 Å². The SMILES string of the molecule is CN(C)CCSc1ccc2c(c1)C(C)(C)c1[nH]c3cc(N)ccc3c1C2=O. The summed E-state index contributed by atoms with van der Waals surface area (Å²) in [4.78, 5) is 20.2. The molecule has 0 fully saturated rings. The number of fused-ring (bicyclic) bond motifs is 4. The second-order valence-corrected chi connectivity index (χ2v) is 9.16. The zero-order chi connectivity index (χ0) is 19.3. The van der Waals surface area contributed by atoms with E-state index in [1.807, 2.05) is 36.0 Å². The van der Waals surface area contributed by atoms with Crippen molar-refractivity contribution in [1.82, 2.24) is 9.88 Å². The molecular formula is C22H25N3OS. The van der Waals surface area contributed by atoms with Crippen molar-refractivity contribution in [3.8, 4) is 0 Å². The van der Waals surface area contributed by atoms with Gasteiger partial charge in [-0.05, 0) is 50.0 Å². The lowest BCUT2D eigenvalue weighted by Crippen LogP contribution is -2.30. The Morgan fingerprint density at radius 2 is 1.93 bits per heavy atom. The molecule has 0 saturated heterocycles. The summed E-state index contributed by atoms with van der Waals surface area (Å²) in [6, 6.07) is 12.0. The number of anilines is 1. The van der Waals surface area contributed by atoms with Gasteiger partial charge in [-0.2, -0.15) is 0 Å². The molecule has 1 aromatic heterocycles. The summed E-state index contributed by atoms with van der Waals surface area (Å²) in [6.07, 6.45) is 0. The van der Waals surface area contributed by atoms with Crippen LogP contribution in [0.15, 0.2) is 41.3 Å². The number of carbonyl (C=O) groups excluding carboxylic acids is 1. The van der Waals surface area contributed by atoms with E-state index < -0.39 is 0 Å². The van der Waals surface area contributed by atoms with Crippen LogP contribution in [0.4, 0.5) is 5.69 Å². The van der Waals surface area contributed by atoms with E-state index in [1.165, 1.54) is 4.90 Å². The van der Waals surface area contributed by atoms with Crippen LogP contribution in [0, 0.1) is 0 Å². The lowest BCUT2D eigenvalue weighted by molar-refractivity contribution is 0.103. The number of aromatic amines is 1. The molecule has 1 aliphatic carbocycles. The van der Waals surface area contributed by atoms with E-state index in [9.17, 15) is 4.79 Å². The summed E-state index contributed by atoms with van der Waals surface area (Å²) < 4.78 is 0. The first-order chi connectivity index (χ1) is 12.8. The average molecular weight is 380 g/mol. The summed E-state index contributed by atoms with van der Waals surface area (Å²) in [5.41, 5.74) is 11.0. The minimum atomic E-state index is -0.273. The molecule has 3 N–H and O–H groups in total. The number of hydrogen-bond donors (Lipinski definition) is 2. The van der Waals surface area contributed by atoms with E-state index in [1.54, 1.807) is 0 Å². The third-order valence-corrected chi connectivity index (χ3v) is 6.36. The zero-order valence-electron chi connectivity index (χ0n) is 16.2. The van der Waals surface area contributed by atoms with Crippen molar-refractivity contribution in [3.05, 3.63) is 58.8 Å². The smallest absolute Gasteiger partial charge is 0.195 e. The van der Waals surface area contributed by atoms with Gasteiger partial charge in [-0.3, -0.25) is 4.79 Å². The predicted molar refractivity (Wildman–Crippen MR) is 114 cm³/mol. The van der Waals surface area contributed by atoms with E-state index >= 15 is 0 Å². The standard InChI is InChI=1S/C22H25N3OS/c1-22(2)17-12-14(27-10-9-25(3)4)6-8-15(17)20(26)19-16-7-5-13(23)11-18(16)24-21(19)22/h5-8,11-12,24H,9-10,23H2,1-4H3. The van der Waals surface area contributed by atoms with Crippen molar-refractivity contribution < 1.29 is 4.79 Å². The highest BCUT2D eigenvalue weighted by Crippen LogP contribution is 2.44. The average Bonchev–Trinajstić information content (AvgIpc) is 2.99. The number of thioether (sulfide) groups is 1. The molecule has 1 aliphatic rings. The number of aromatic nitrogens is 1. The lowest BCUT2D eigenvalue weighted by Gasteiger charge is -2.32. The van der Waals surface area contributed by atoms with Crippen LogP contribution in [0.25, 0.3) is 10.9 Å². The number of nitrogens with zero attached hydrogens (tertiary/aromatic N) is 1. The molecule has 0 bridgehead atoms. The summed E-state index contributed by atoms with van der Waals surface area (Å²) in [5, 5.41) is 0.951. The van der Waals surface area contributed by atoms with Gasteiger partial charge in [-0.15, -0.1) is 11.8 Å². The molecule has 27 heavy (non-hydrogen) atoms. The second kappa shape index (κ2) is 6.43. The number of benzene rings is 2. The largest absolute Gasteiger partial charge is 0.399 e. The number of nitrogens with two attached hydrogens (primary N) is 1. The number of ketones is 1. The number of nitrogen functional groups attached to an aromatic ring is 1. The third-order valence-electron chi connectivity index (χ3n) is 5.39. The highest BCUT2D eigenvalue weighted by molar-refractivity contribution is 7.99. The first-order valence-corrected chi connectivity index (χ1v) is 10.2. The maximum Gasteiger partial charge on any atom is 0.195 e. The van der Waals surface area contributed by atoms with Crippen molar-refractivity contribution in [1.29, 1.82) is 0 Å². The Balaban J connectivity index is 1.80. The molecule has 0 atom stereocenters. The Labute approximate surface area is 164 Å². The van der Waals surface area contributed by atoms with Gasteiger partial charge in [-0.25, -0.2) is 0 Å². The van der Waals surface area contributed by atoms with Crippen molar-refractivity contribution >= 4 is 34.1 Å². The van der Waals surface area contributed by atoms with Gasteiger partial charge in [0.1, 0.15) is 0 Å². The molecular weight excluding hydrogens is 354 g/mol. The minimum Gasteiger partial charge on any atom is -0.399 e. The maximum atomic E-state index is 13.3. The summed E-state index contributed by atoms with van der Waals surface area (Å²) in [7, 11) is 4.17. The number of nitrogens with one attached hydrogen (secondary N) is 1. The molecule has 140 valence electrons. The Morgan fingerprint density at radius 1 is 1.15 bits per heavy atom. The molecule has 0 amide bonds. The second-order valence-electron chi connectivity index (χ2n) is 7.99. The van der Waals surface area contributed by atoms with E-state index in [2.05, 4.69) is 50.0 Å². The number of H-pyrrole nitrogens is 1. The highest BCUT2D eigenvalue weighted by Gasteiger charge is 2.39. The van der Waals surface area contributed by atoms with Crippen LogP contribution >= 0.6 is 11.8 Å². The molecule has 1 heterocycles. The quantitative estimate of drug-likeness (QED) is 0.525. The Bertz CT molecular complexity index is 1050. The Morgan fingerprint density at radius 3 is 2.67 bits per heavy atom. The molecule has 0 radical (unpaired) electrons. The number of rotatable bonds is 4. The van der Waals surface area contributed by atoms with Crippen molar-refractivity contribution in [3.63, 3.8) is 0 Å². The van der Waals surface area contributed by atoms with E-state index in [0.29, 0.717) is 5.69 Å². The molecule has 4 rings (SSSR count). The Hall–Kier alpha value is -2.24. The molecule has 4 nitrogen and oxygen atoms in total. The fourth-order valence-corrected chi connectivity index (χ4v) is 4.92. The molecule has 0 spiro atoms. The first kappa shape index (κ1) is 18.1. The van der Waals surface area contributed by atoms with E-state index in [0.717, 1.165) is 45.6 Å². The van der Waals surface area contributed by atoms with Crippen molar-refractivity contribution in [2.24, 2.45) is 0 Å². The highest BCUT2D eigenvalue weighted by atomic mass is 32.2. The predicted octanol–water partition coefficient (Wildman–Crippen LogP) is 4.27. The summed E-state index contributed by atoms with van der Waals surface area (Å²) in [6.45, 7) is 5.39. The number of hydrogen-bond acceptors (Lipinski definition) is 4. The van der Waals surface area contributed by atoms with E-state index in [4.69, 9.17) is 5.73 Å². The zero-order valence-corrected chi connectivity index (χ0v) is 17.0. The van der Waals surface area contributed by atoms with Gasteiger partial charge < -0.3 is 15.6 Å². The van der Waals surface area contributed by atoms with Gasteiger partial charge in [0, 0.05) is 50.5 Å². The van der Waals surface area contributed by atoms with Crippen LogP contribution in [0.1, 0.15) is 41.0 Å². The topological polar surface area (TPSA) is 62.1 Å². The third kappa shape index (κ3) is 2.95. The molecule has 0 unspecified atom stereocenters. The first-order valence-electron chi connectivity index (χ1n) is 9.17. The maximum absolute atomic E-state index is 13.3. The molecule has 3 aromatic rings.